The van der Waals surface area contributed by atoms with Gasteiger partial charge in [0.05, 0.1) is 19.9 Å². The van der Waals surface area contributed by atoms with Crippen molar-refractivity contribution in [1.82, 2.24) is 5.32 Å². The summed E-state index contributed by atoms with van der Waals surface area (Å²) in [6.45, 7) is 5.32. The fourth-order valence-electron chi connectivity index (χ4n) is 2.87. The first-order valence-electron chi connectivity index (χ1n) is 10.3. The highest BCUT2D eigenvalue weighted by Crippen LogP contribution is 2.27. The molecule has 178 valence electrons. The van der Waals surface area contributed by atoms with Crippen molar-refractivity contribution >= 4 is 23.8 Å². The van der Waals surface area contributed by atoms with E-state index in [2.05, 4.69) is 10.6 Å². The number of ether oxygens (including phenoxy) is 4. The Morgan fingerprint density at radius 2 is 1.64 bits per heavy atom. The molecule has 9 nitrogen and oxygen atoms in total. The van der Waals surface area contributed by atoms with E-state index in [1.807, 2.05) is 30.3 Å². The summed E-state index contributed by atoms with van der Waals surface area (Å²) in [7, 11) is 2.70. The molecule has 0 saturated carbocycles. The van der Waals surface area contributed by atoms with Gasteiger partial charge in [0.1, 0.15) is 24.0 Å². The van der Waals surface area contributed by atoms with E-state index in [0.717, 1.165) is 5.56 Å². The minimum atomic E-state index is -0.999. The molecule has 2 aromatic rings. The van der Waals surface area contributed by atoms with E-state index >= 15 is 0 Å². The summed E-state index contributed by atoms with van der Waals surface area (Å²) >= 11 is 0. The lowest BCUT2D eigenvalue weighted by Gasteiger charge is -2.21. The van der Waals surface area contributed by atoms with Gasteiger partial charge in [-0.2, -0.15) is 0 Å². The second-order valence-corrected chi connectivity index (χ2v) is 8.15. The number of alkyl carbamates (subject to hydrolysis) is 1. The molecule has 0 aliphatic rings. The number of carbonyl (C=O) groups is 3. The maximum absolute atomic E-state index is 12.3. The quantitative estimate of drug-likeness (QED) is 0.453. The Morgan fingerprint density at radius 3 is 2.24 bits per heavy atom. The van der Waals surface area contributed by atoms with Gasteiger partial charge in [0.2, 0.25) is 0 Å². The van der Waals surface area contributed by atoms with Crippen LogP contribution in [0, 0.1) is 0 Å². The molecule has 0 bridgehead atoms. The molecule has 2 amide bonds. The summed E-state index contributed by atoms with van der Waals surface area (Å²) in [6, 6.07) is 13.2. The largest absolute Gasteiger partial charge is 0.495 e. The molecule has 0 radical (unpaired) electrons. The van der Waals surface area contributed by atoms with Crippen LogP contribution >= 0.6 is 0 Å². The van der Waals surface area contributed by atoms with Crippen molar-refractivity contribution in [1.29, 1.82) is 0 Å². The van der Waals surface area contributed by atoms with Crippen LogP contribution in [0.5, 0.6) is 5.75 Å². The van der Waals surface area contributed by atoms with Crippen LogP contribution in [0.25, 0.3) is 0 Å². The number of hydrogen-bond donors (Lipinski definition) is 2. The molecule has 0 spiro atoms. The van der Waals surface area contributed by atoms with Gasteiger partial charge < -0.3 is 24.3 Å². The second kappa shape index (κ2) is 11.8. The molecule has 0 aliphatic heterocycles. The van der Waals surface area contributed by atoms with Gasteiger partial charge in [-0.3, -0.25) is 5.32 Å². The molecular formula is C24H30N2O7. The molecule has 33 heavy (non-hydrogen) atoms. The number of rotatable bonds is 8. The normalized spacial score (nSPS) is 11.7. The average molecular weight is 459 g/mol. The molecule has 9 heteroatoms. The topological polar surface area (TPSA) is 112 Å². The fourth-order valence-corrected chi connectivity index (χ4v) is 2.87. The van der Waals surface area contributed by atoms with Gasteiger partial charge in [-0.1, -0.05) is 36.4 Å². The molecule has 2 rings (SSSR count). The zero-order chi connectivity index (χ0) is 24.4. The zero-order valence-corrected chi connectivity index (χ0v) is 19.5. The van der Waals surface area contributed by atoms with Gasteiger partial charge in [0.25, 0.3) is 0 Å². The average Bonchev–Trinajstić information content (AvgIpc) is 2.76. The summed E-state index contributed by atoms with van der Waals surface area (Å²) in [4.78, 5) is 36.7. The molecule has 0 saturated heterocycles. The summed E-state index contributed by atoms with van der Waals surface area (Å²) in [5.74, 6) is -0.224. The van der Waals surface area contributed by atoms with Gasteiger partial charge in [-0.25, -0.2) is 14.4 Å². The van der Waals surface area contributed by atoms with Crippen molar-refractivity contribution in [2.75, 3.05) is 19.5 Å². The van der Waals surface area contributed by atoms with Crippen molar-refractivity contribution in [3.05, 3.63) is 59.7 Å². The molecule has 0 heterocycles. The lowest BCUT2D eigenvalue weighted by Crippen LogP contribution is -2.43. The van der Waals surface area contributed by atoms with Crippen molar-refractivity contribution in [2.24, 2.45) is 0 Å². The van der Waals surface area contributed by atoms with E-state index in [-0.39, 0.29) is 13.0 Å². The van der Waals surface area contributed by atoms with E-state index in [4.69, 9.17) is 18.9 Å². The summed E-state index contributed by atoms with van der Waals surface area (Å²) < 4.78 is 20.6. The van der Waals surface area contributed by atoms with Crippen molar-refractivity contribution < 1.29 is 33.3 Å². The molecule has 1 atom stereocenters. The summed E-state index contributed by atoms with van der Waals surface area (Å²) in [6.07, 6.45) is -1.31. The maximum atomic E-state index is 12.3. The van der Waals surface area contributed by atoms with Crippen molar-refractivity contribution in [3.8, 4) is 5.75 Å². The summed E-state index contributed by atoms with van der Waals surface area (Å²) in [5, 5.41) is 5.17. The lowest BCUT2D eigenvalue weighted by molar-refractivity contribution is -0.143. The van der Waals surface area contributed by atoms with Crippen LogP contribution in [-0.2, 0) is 32.0 Å². The van der Waals surface area contributed by atoms with E-state index < -0.39 is 29.8 Å². The Kier molecular flexibility index (Phi) is 9.08. The first-order valence-corrected chi connectivity index (χ1v) is 10.3. The highest BCUT2D eigenvalue weighted by Gasteiger charge is 2.24. The Bertz CT molecular complexity index is 955. The number of amides is 2. The molecule has 0 aliphatic carbocycles. The number of methoxy groups -OCH3 is 2. The zero-order valence-electron chi connectivity index (χ0n) is 19.5. The summed E-state index contributed by atoms with van der Waals surface area (Å²) in [5.41, 5.74) is 1.14. The number of anilines is 1. The minimum absolute atomic E-state index is 0.0626. The number of esters is 1. The van der Waals surface area contributed by atoms with Gasteiger partial charge in [0, 0.05) is 6.42 Å². The maximum Gasteiger partial charge on any atom is 0.412 e. The standard InChI is InChI=1S/C24H30N2O7/c1-24(2,3)33-23(29)25-18-13-17(11-12-20(18)30-4)14-19(21(27)31-5)26-22(28)32-15-16-9-7-6-8-10-16/h6-13,19H,14-15H2,1-5H3,(H,25,29)(H,26,28)/t19-/m0/s1. The van der Waals surface area contributed by atoms with E-state index in [1.54, 1.807) is 39.0 Å². The van der Waals surface area contributed by atoms with Crippen LogP contribution in [-0.4, -0.2) is 44.0 Å². The molecule has 0 aromatic heterocycles. The van der Waals surface area contributed by atoms with Crippen LogP contribution in [0.15, 0.2) is 48.5 Å². The van der Waals surface area contributed by atoms with Gasteiger partial charge in [0.15, 0.2) is 0 Å². The van der Waals surface area contributed by atoms with Gasteiger partial charge >= 0.3 is 18.2 Å². The second-order valence-electron chi connectivity index (χ2n) is 8.15. The van der Waals surface area contributed by atoms with E-state index in [0.29, 0.717) is 17.0 Å². The van der Waals surface area contributed by atoms with Crippen LogP contribution in [0.1, 0.15) is 31.9 Å². The number of nitrogens with one attached hydrogen (secondary N) is 2. The monoisotopic (exact) mass is 458 g/mol. The van der Waals surface area contributed by atoms with Gasteiger partial charge in [-0.05, 0) is 44.0 Å². The molecule has 2 aromatic carbocycles. The number of carbonyl (C=O) groups excluding carboxylic acids is 3. The van der Waals surface area contributed by atoms with Gasteiger partial charge in [-0.15, -0.1) is 0 Å². The Labute approximate surface area is 193 Å². The molecule has 0 fully saturated rings. The number of hydrogen-bond acceptors (Lipinski definition) is 7. The lowest BCUT2D eigenvalue weighted by atomic mass is 10.0. The van der Waals surface area contributed by atoms with Crippen LogP contribution < -0.4 is 15.4 Å². The SMILES string of the molecule is COC(=O)[C@H](Cc1ccc(OC)c(NC(=O)OC(C)(C)C)c1)NC(=O)OCc1ccccc1. The first kappa shape index (κ1) is 25.5. The highest BCUT2D eigenvalue weighted by atomic mass is 16.6. The Morgan fingerprint density at radius 1 is 0.939 bits per heavy atom. The smallest absolute Gasteiger partial charge is 0.412 e. The third-order valence-electron chi connectivity index (χ3n) is 4.33. The van der Waals surface area contributed by atoms with Crippen LogP contribution in [0.3, 0.4) is 0 Å². The third kappa shape index (κ3) is 8.72. The predicted molar refractivity (Wildman–Crippen MR) is 122 cm³/mol. The molecular weight excluding hydrogens is 428 g/mol. The van der Waals surface area contributed by atoms with Crippen molar-refractivity contribution in [2.45, 2.75) is 45.4 Å². The predicted octanol–water partition coefficient (Wildman–Crippen LogP) is 4.05. The minimum Gasteiger partial charge on any atom is -0.495 e. The van der Waals surface area contributed by atoms with Crippen molar-refractivity contribution in [3.63, 3.8) is 0 Å². The van der Waals surface area contributed by atoms with Crippen LogP contribution in [0.4, 0.5) is 15.3 Å². The first-order chi connectivity index (χ1) is 15.6. The fraction of sp³-hybridized carbons (Fsp3) is 0.375. The van der Waals surface area contributed by atoms with E-state index in [1.165, 1.54) is 14.2 Å². The third-order valence-corrected chi connectivity index (χ3v) is 4.33. The highest BCUT2D eigenvalue weighted by molar-refractivity contribution is 5.87. The Hall–Kier alpha value is -3.75. The van der Waals surface area contributed by atoms with Crippen LogP contribution in [0.2, 0.25) is 0 Å². The van der Waals surface area contributed by atoms with E-state index in [9.17, 15) is 14.4 Å². The number of benzene rings is 2. The molecule has 2 N–H and O–H groups in total. The molecule has 0 unspecified atom stereocenters. The Balaban J connectivity index is 2.10.